The van der Waals surface area contributed by atoms with Gasteiger partial charge < -0.3 is 10.6 Å². The number of nitrogens with zero attached hydrogens (tertiary/aromatic N) is 3. The summed E-state index contributed by atoms with van der Waals surface area (Å²) in [7, 11) is 0. The number of thiazole rings is 1. The van der Waals surface area contributed by atoms with Crippen LogP contribution in [-0.4, -0.2) is 20.5 Å². The van der Waals surface area contributed by atoms with Crippen molar-refractivity contribution in [3.8, 4) is 0 Å². The Labute approximate surface area is 203 Å². The lowest BCUT2D eigenvalue weighted by Crippen LogP contribution is -2.01. The molecule has 0 aliphatic rings. The Hall–Kier alpha value is -1.98. The van der Waals surface area contributed by atoms with E-state index in [0.717, 1.165) is 0 Å². The zero-order chi connectivity index (χ0) is 23.0. The van der Waals surface area contributed by atoms with E-state index in [1.807, 2.05) is 0 Å². The molecule has 0 saturated heterocycles. The molecule has 0 unspecified atom stereocenters. The highest BCUT2D eigenvalue weighted by Gasteiger charge is 2.30. The summed E-state index contributed by atoms with van der Waals surface area (Å²) in [6.45, 7) is 1.72. The minimum Gasteiger partial charge on any atom is -0.338 e. The lowest BCUT2D eigenvalue weighted by Gasteiger charge is -2.11. The Kier molecular flexibility index (Phi) is 6.60. The number of benzene rings is 2. The molecular formula is C19H11Cl3F3N5S2. The third-order valence-corrected chi connectivity index (χ3v) is 6.71. The Balaban J connectivity index is 1.65. The number of anilines is 4. The molecule has 0 radical (unpaired) electrons. The predicted octanol–water partition coefficient (Wildman–Crippen LogP) is 8.45. The van der Waals surface area contributed by atoms with Crippen molar-refractivity contribution in [2.45, 2.75) is 17.3 Å². The van der Waals surface area contributed by atoms with Gasteiger partial charge in [0.05, 0.1) is 20.8 Å². The first kappa shape index (κ1) is 23.2. The van der Waals surface area contributed by atoms with Crippen LogP contribution >= 0.6 is 57.9 Å². The maximum Gasteiger partial charge on any atom is 0.446 e. The highest BCUT2D eigenvalue weighted by Crippen LogP contribution is 2.42. The first-order valence-corrected chi connectivity index (χ1v) is 11.5. The molecule has 2 N–H and O–H groups in total. The van der Waals surface area contributed by atoms with Crippen molar-refractivity contribution in [3.05, 3.63) is 57.3 Å². The number of aryl methyl sites for hydroxylation is 1. The fourth-order valence-corrected chi connectivity index (χ4v) is 4.94. The molecule has 0 fully saturated rings. The van der Waals surface area contributed by atoms with Crippen molar-refractivity contribution < 1.29 is 13.2 Å². The summed E-state index contributed by atoms with van der Waals surface area (Å²) >= 11 is 19.5. The number of aromatic nitrogens is 3. The summed E-state index contributed by atoms with van der Waals surface area (Å²) in [5, 5.41) is 7.48. The van der Waals surface area contributed by atoms with Gasteiger partial charge in [0.1, 0.15) is 11.3 Å². The Bertz CT molecular complexity index is 1290. The second-order valence-electron chi connectivity index (χ2n) is 6.33. The van der Waals surface area contributed by atoms with Crippen molar-refractivity contribution in [3.63, 3.8) is 0 Å². The van der Waals surface area contributed by atoms with Gasteiger partial charge in [-0.2, -0.15) is 13.2 Å². The van der Waals surface area contributed by atoms with Gasteiger partial charge in [0.25, 0.3) is 0 Å². The van der Waals surface area contributed by atoms with E-state index < -0.39 is 5.51 Å². The molecule has 0 amide bonds. The summed E-state index contributed by atoms with van der Waals surface area (Å²) in [5.74, 6) is 0.871. The second kappa shape index (κ2) is 9.11. The van der Waals surface area contributed by atoms with Crippen LogP contribution in [-0.2, 0) is 0 Å². The number of thioether (sulfide) groups is 1. The first-order chi connectivity index (χ1) is 15.1. The van der Waals surface area contributed by atoms with Gasteiger partial charge in [-0.15, -0.1) is 0 Å². The maximum absolute atomic E-state index is 12.6. The minimum atomic E-state index is -4.43. The maximum atomic E-state index is 12.6. The number of alkyl halides is 3. The van der Waals surface area contributed by atoms with Crippen molar-refractivity contribution in [1.29, 1.82) is 0 Å². The number of rotatable bonds is 5. The van der Waals surface area contributed by atoms with Crippen molar-refractivity contribution in [2.75, 3.05) is 10.6 Å². The molecule has 0 saturated carbocycles. The number of para-hydroxylation sites is 1. The summed E-state index contributed by atoms with van der Waals surface area (Å²) in [4.78, 5) is 13.8. The van der Waals surface area contributed by atoms with Crippen LogP contribution in [0.25, 0.3) is 10.3 Å². The topological polar surface area (TPSA) is 62.7 Å². The molecule has 4 aromatic rings. The first-order valence-electron chi connectivity index (χ1n) is 8.77. The quantitative estimate of drug-likeness (QED) is 0.250. The number of hydrogen-bond donors (Lipinski definition) is 2. The van der Waals surface area contributed by atoms with Crippen LogP contribution < -0.4 is 10.6 Å². The van der Waals surface area contributed by atoms with E-state index in [1.165, 1.54) is 29.5 Å². The van der Waals surface area contributed by atoms with E-state index in [4.69, 9.17) is 34.8 Å². The van der Waals surface area contributed by atoms with Crippen molar-refractivity contribution in [1.82, 2.24) is 15.0 Å². The second-order valence-corrected chi connectivity index (χ2v) is 9.64. The van der Waals surface area contributed by atoms with Gasteiger partial charge in [-0.1, -0.05) is 52.2 Å². The van der Waals surface area contributed by atoms with Gasteiger partial charge in [0.2, 0.25) is 0 Å². The van der Waals surface area contributed by atoms with Crippen LogP contribution in [0.15, 0.2) is 41.3 Å². The average Bonchev–Trinajstić information content (AvgIpc) is 3.09. The molecule has 32 heavy (non-hydrogen) atoms. The van der Waals surface area contributed by atoms with Crippen LogP contribution in [0.3, 0.4) is 0 Å². The summed E-state index contributed by atoms with van der Waals surface area (Å²) in [6, 6.07) is 9.30. The molecule has 4 rings (SSSR count). The number of halogens is 6. The lowest BCUT2D eigenvalue weighted by molar-refractivity contribution is -0.0328. The number of fused-ring (bicyclic) bond motifs is 1. The molecule has 0 aliphatic heterocycles. The Morgan fingerprint density at radius 2 is 1.66 bits per heavy atom. The fourth-order valence-electron chi connectivity index (χ4n) is 2.72. The number of nitrogens with one attached hydrogen (secondary N) is 2. The van der Waals surface area contributed by atoms with E-state index in [1.54, 1.807) is 25.1 Å². The van der Waals surface area contributed by atoms with E-state index in [2.05, 4.69) is 25.6 Å². The normalized spacial score (nSPS) is 11.7. The van der Waals surface area contributed by atoms with E-state index in [-0.39, 0.29) is 21.7 Å². The molecule has 13 heteroatoms. The van der Waals surface area contributed by atoms with Crippen LogP contribution in [0, 0.1) is 6.92 Å². The molecule has 2 aromatic carbocycles. The Morgan fingerprint density at radius 3 is 2.31 bits per heavy atom. The lowest BCUT2D eigenvalue weighted by atomic mass is 10.3. The van der Waals surface area contributed by atoms with E-state index in [9.17, 15) is 13.2 Å². The monoisotopic (exact) mass is 535 g/mol. The number of hydrogen-bond acceptors (Lipinski definition) is 7. The summed E-state index contributed by atoms with van der Waals surface area (Å²) in [6.07, 6.45) is 0. The summed E-state index contributed by atoms with van der Waals surface area (Å²) < 4.78 is 37.9. The largest absolute Gasteiger partial charge is 0.446 e. The van der Waals surface area contributed by atoms with Gasteiger partial charge in [0, 0.05) is 10.6 Å². The predicted molar refractivity (Wildman–Crippen MR) is 126 cm³/mol. The van der Waals surface area contributed by atoms with Crippen LogP contribution in [0.1, 0.15) is 5.82 Å². The summed E-state index contributed by atoms with van der Waals surface area (Å²) in [5.41, 5.74) is -2.99. The van der Waals surface area contributed by atoms with Gasteiger partial charge in [-0.05, 0) is 49.0 Å². The van der Waals surface area contributed by atoms with Gasteiger partial charge in [-0.3, -0.25) is 0 Å². The highest BCUT2D eigenvalue weighted by atomic mass is 35.5. The van der Waals surface area contributed by atoms with E-state index in [0.29, 0.717) is 48.5 Å². The SMILES string of the molecule is Cc1nc(Nc2ccc(SC(F)(F)F)c(Cl)c2)c2nc(Nc3c(Cl)cccc3Cl)sc2n1. The van der Waals surface area contributed by atoms with Crippen molar-refractivity contribution >= 4 is 90.6 Å². The molecule has 0 aliphatic carbocycles. The molecule has 5 nitrogen and oxygen atoms in total. The van der Waals surface area contributed by atoms with Crippen LogP contribution in [0.5, 0.6) is 0 Å². The molecule has 166 valence electrons. The zero-order valence-corrected chi connectivity index (χ0v) is 19.8. The average molecular weight is 537 g/mol. The standard InChI is InChI=1S/C19H11Cl3F3N5S2/c1-8-26-16(28-9-5-6-13(12(22)7-9)32-19(23,24)25)15-17(27-8)31-18(30-15)29-14-10(20)3-2-4-11(14)21/h2-7H,1H3,(H,29,30)(H,26,27,28). The minimum absolute atomic E-state index is 0.0339. The molecule has 0 atom stereocenters. The van der Waals surface area contributed by atoms with Crippen molar-refractivity contribution in [2.24, 2.45) is 0 Å². The smallest absolute Gasteiger partial charge is 0.338 e. The molecular weight excluding hydrogens is 526 g/mol. The molecule has 0 bridgehead atoms. The van der Waals surface area contributed by atoms with Crippen LogP contribution in [0.2, 0.25) is 15.1 Å². The molecule has 0 spiro atoms. The third-order valence-electron chi connectivity index (χ3n) is 3.99. The highest BCUT2D eigenvalue weighted by molar-refractivity contribution is 8.00. The van der Waals surface area contributed by atoms with Crippen LogP contribution in [0.4, 0.5) is 35.5 Å². The molecule has 2 aromatic heterocycles. The Morgan fingerprint density at radius 1 is 0.938 bits per heavy atom. The molecule has 2 heterocycles. The van der Waals surface area contributed by atoms with Gasteiger partial charge in [-0.25, -0.2) is 15.0 Å². The zero-order valence-electron chi connectivity index (χ0n) is 15.9. The fraction of sp³-hybridized carbons (Fsp3) is 0.105. The van der Waals surface area contributed by atoms with Gasteiger partial charge >= 0.3 is 5.51 Å². The van der Waals surface area contributed by atoms with E-state index >= 15 is 0 Å². The third kappa shape index (κ3) is 5.32. The van der Waals surface area contributed by atoms with Gasteiger partial charge in [0.15, 0.2) is 15.8 Å².